The van der Waals surface area contributed by atoms with E-state index in [1.165, 1.54) is 0 Å². The summed E-state index contributed by atoms with van der Waals surface area (Å²) in [6.07, 6.45) is 0.358. The Balaban J connectivity index is 2.09. The Hall–Kier alpha value is -1.63. The number of rotatable bonds is 2. The topological polar surface area (TPSA) is 94.5 Å². The molecule has 1 fully saturated rings. The van der Waals surface area contributed by atoms with Gasteiger partial charge in [0.25, 0.3) is 0 Å². The van der Waals surface area contributed by atoms with Crippen LogP contribution in [0.15, 0.2) is 4.52 Å². The van der Waals surface area contributed by atoms with Crippen molar-refractivity contribution in [2.24, 2.45) is 5.73 Å². The smallest absolute Gasteiger partial charge is 0.410 e. The predicted molar refractivity (Wildman–Crippen MR) is 81.5 cm³/mol. The Kier molecular flexibility index (Phi) is 4.75. The third kappa shape index (κ3) is 3.97. The van der Waals surface area contributed by atoms with E-state index in [1.807, 2.05) is 34.6 Å². The fourth-order valence-corrected chi connectivity index (χ4v) is 2.36. The van der Waals surface area contributed by atoms with Gasteiger partial charge in [-0.3, -0.25) is 0 Å². The van der Waals surface area contributed by atoms with Crippen LogP contribution in [-0.4, -0.2) is 45.9 Å². The third-order valence-corrected chi connectivity index (χ3v) is 3.61. The summed E-state index contributed by atoms with van der Waals surface area (Å²) in [7, 11) is 0. The van der Waals surface area contributed by atoms with E-state index in [4.69, 9.17) is 15.0 Å². The first kappa shape index (κ1) is 16.7. The van der Waals surface area contributed by atoms with Gasteiger partial charge in [-0.1, -0.05) is 19.0 Å². The van der Waals surface area contributed by atoms with Crippen LogP contribution in [0.2, 0.25) is 0 Å². The zero-order valence-corrected chi connectivity index (χ0v) is 14.0. The van der Waals surface area contributed by atoms with Gasteiger partial charge in [0.15, 0.2) is 5.82 Å². The second-order valence-corrected chi connectivity index (χ2v) is 7.13. The lowest BCUT2D eigenvalue weighted by molar-refractivity contribution is 0.0175. The molecular formula is C15H26N4O3. The standard InChI is InChI=1S/C15H26N4O3/c1-9(2)12-17-13(22-18-12)10-8-19(7-6-11(10)16)14(20)21-15(3,4)5/h9-11H,6-8,16H2,1-5H3. The molecule has 1 aliphatic heterocycles. The van der Waals surface area contributed by atoms with E-state index in [1.54, 1.807) is 4.90 Å². The van der Waals surface area contributed by atoms with Crippen molar-refractivity contribution in [1.29, 1.82) is 0 Å². The molecule has 1 aromatic rings. The van der Waals surface area contributed by atoms with Gasteiger partial charge in [-0.25, -0.2) is 4.79 Å². The largest absolute Gasteiger partial charge is 0.444 e. The highest BCUT2D eigenvalue weighted by molar-refractivity contribution is 5.68. The second-order valence-electron chi connectivity index (χ2n) is 7.13. The van der Waals surface area contributed by atoms with Crippen LogP contribution in [-0.2, 0) is 4.74 Å². The fraction of sp³-hybridized carbons (Fsp3) is 0.800. The van der Waals surface area contributed by atoms with Crippen molar-refractivity contribution < 1.29 is 14.1 Å². The van der Waals surface area contributed by atoms with Crippen molar-refractivity contribution in [2.75, 3.05) is 13.1 Å². The van der Waals surface area contributed by atoms with Crippen molar-refractivity contribution >= 4 is 6.09 Å². The molecule has 0 spiro atoms. The first-order valence-electron chi connectivity index (χ1n) is 7.74. The average molecular weight is 310 g/mol. The molecule has 1 saturated heterocycles. The molecule has 2 unspecified atom stereocenters. The van der Waals surface area contributed by atoms with Crippen LogP contribution in [0.5, 0.6) is 0 Å². The van der Waals surface area contributed by atoms with Crippen LogP contribution < -0.4 is 5.73 Å². The molecule has 2 heterocycles. The van der Waals surface area contributed by atoms with Crippen molar-refractivity contribution in [3.8, 4) is 0 Å². The SMILES string of the molecule is CC(C)c1noc(C2CN(C(=O)OC(C)(C)C)CCC2N)n1. The number of hydrogen-bond acceptors (Lipinski definition) is 6. The van der Waals surface area contributed by atoms with Gasteiger partial charge >= 0.3 is 6.09 Å². The number of likely N-dealkylation sites (tertiary alicyclic amines) is 1. The molecule has 0 aliphatic carbocycles. The molecule has 2 atom stereocenters. The zero-order chi connectivity index (χ0) is 16.5. The number of ether oxygens (including phenoxy) is 1. The van der Waals surface area contributed by atoms with E-state index in [-0.39, 0.29) is 24.0 Å². The molecule has 1 amide bonds. The number of carbonyl (C=O) groups is 1. The second kappa shape index (κ2) is 6.24. The summed E-state index contributed by atoms with van der Waals surface area (Å²) in [5, 5.41) is 3.98. The fourth-order valence-electron chi connectivity index (χ4n) is 2.36. The number of nitrogens with two attached hydrogens (primary N) is 1. The minimum Gasteiger partial charge on any atom is -0.444 e. The Morgan fingerprint density at radius 2 is 2.14 bits per heavy atom. The monoisotopic (exact) mass is 310 g/mol. The van der Waals surface area contributed by atoms with Gasteiger partial charge in [0.2, 0.25) is 5.89 Å². The molecular weight excluding hydrogens is 284 g/mol. The van der Waals surface area contributed by atoms with Gasteiger partial charge in [0.05, 0.1) is 5.92 Å². The predicted octanol–water partition coefficient (Wildman–Crippen LogP) is 2.24. The maximum absolute atomic E-state index is 12.2. The van der Waals surface area contributed by atoms with Crippen LogP contribution in [0.1, 0.15) is 64.6 Å². The average Bonchev–Trinajstić information content (AvgIpc) is 2.86. The highest BCUT2D eigenvalue weighted by atomic mass is 16.6. The number of nitrogens with zero attached hydrogens (tertiary/aromatic N) is 3. The molecule has 0 aromatic carbocycles. The van der Waals surface area contributed by atoms with Crippen molar-refractivity contribution in [1.82, 2.24) is 15.0 Å². The van der Waals surface area contributed by atoms with Gasteiger partial charge in [0, 0.05) is 25.0 Å². The first-order valence-corrected chi connectivity index (χ1v) is 7.74. The van der Waals surface area contributed by atoms with Crippen molar-refractivity contribution in [2.45, 2.75) is 64.5 Å². The highest BCUT2D eigenvalue weighted by Crippen LogP contribution is 2.27. The van der Waals surface area contributed by atoms with Crippen LogP contribution >= 0.6 is 0 Å². The Morgan fingerprint density at radius 1 is 1.45 bits per heavy atom. The number of piperidine rings is 1. The Bertz CT molecular complexity index is 521. The van der Waals surface area contributed by atoms with Gasteiger partial charge in [-0.15, -0.1) is 0 Å². The molecule has 7 nitrogen and oxygen atoms in total. The van der Waals surface area contributed by atoms with E-state index in [2.05, 4.69) is 10.1 Å². The van der Waals surface area contributed by atoms with Gasteiger partial charge < -0.3 is 19.9 Å². The van der Waals surface area contributed by atoms with E-state index < -0.39 is 5.60 Å². The van der Waals surface area contributed by atoms with Crippen LogP contribution in [0.25, 0.3) is 0 Å². The minimum absolute atomic E-state index is 0.0980. The number of hydrogen-bond donors (Lipinski definition) is 1. The molecule has 2 N–H and O–H groups in total. The third-order valence-electron chi connectivity index (χ3n) is 3.61. The molecule has 0 bridgehead atoms. The number of carbonyl (C=O) groups excluding carboxylic acids is 1. The van der Waals surface area contributed by atoms with Crippen molar-refractivity contribution in [3.63, 3.8) is 0 Å². The molecule has 1 aromatic heterocycles. The van der Waals surface area contributed by atoms with E-state index in [0.717, 1.165) is 0 Å². The van der Waals surface area contributed by atoms with Crippen molar-refractivity contribution in [3.05, 3.63) is 11.7 Å². The molecule has 7 heteroatoms. The van der Waals surface area contributed by atoms with Crippen LogP contribution in [0.3, 0.4) is 0 Å². The summed E-state index contributed by atoms with van der Waals surface area (Å²) in [5.74, 6) is 1.21. The molecule has 22 heavy (non-hydrogen) atoms. The molecule has 124 valence electrons. The summed E-state index contributed by atoms with van der Waals surface area (Å²) in [6, 6.07) is -0.0980. The lowest BCUT2D eigenvalue weighted by Gasteiger charge is -2.35. The van der Waals surface area contributed by atoms with Gasteiger partial charge in [0.1, 0.15) is 5.60 Å². The quantitative estimate of drug-likeness (QED) is 0.900. The summed E-state index contributed by atoms with van der Waals surface area (Å²) in [5.41, 5.74) is 5.67. The van der Waals surface area contributed by atoms with Gasteiger partial charge in [-0.2, -0.15) is 4.98 Å². The highest BCUT2D eigenvalue weighted by Gasteiger charge is 2.35. The normalized spacial score (nSPS) is 23.0. The van der Waals surface area contributed by atoms with E-state index in [9.17, 15) is 4.79 Å². The lowest BCUT2D eigenvalue weighted by Crippen LogP contribution is -2.49. The Morgan fingerprint density at radius 3 is 2.68 bits per heavy atom. The lowest BCUT2D eigenvalue weighted by atomic mass is 9.93. The zero-order valence-electron chi connectivity index (χ0n) is 14.0. The molecule has 2 rings (SSSR count). The number of aromatic nitrogens is 2. The number of amides is 1. The Labute approximate surface area is 131 Å². The molecule has 1 aliphatic rings. The van der Waals surface area contributed by atoms with E-state index >= 15 is 0 Å². The molecule has 0 saturated carbocycles. The maximum atomic E-state index is 12.2. The van der Waals surface area contributed by atoms with E-state index in [0.29, 0.717) is 31.2 Å². The summed E-state index contributed by atoms with van der Waals surface area (Å²) in [6.45, 7) is 10.6. The maximum Gasteiger partial charge on any atom is 0.410 e. The summed E-state index contributed by atoms with van der Waals surface area (Å²) >= 11 is 0. The first-order chi connectivity index (χ1) is 10.2. The summed E-state index contributed by atoms with van der Waals surface area (Å²) < 4.78 is 10.8. The van der Waals surface area contributed by atoms with Gasteiger partial charge in [-0.05, 0) is 27.2 Å². The minimum atomic E-state index is -0.512. The van der Waals surface area contributed by atoms with Crippen LogP contribution in [0.4, 0.5) is 4.79 Å². The van der Waals surface area contributed by atoms with Crippen LogP contribution in [0, 0.1) is 0 Å². The summed E-state index contributed by atoms with van der Waals surface area (Å²) in [4.78, 5) is 18.3. The molecule has 0 radical (unpaired) electrons.